The molecule has 3 N–H and O–H groups in total. The summed E-state index contributed by atoms with van der Waals surface area (Å²) in [6, 6.07) is 5.43. The van der Waals surface area contributed by atoms with E-state index in [1.54, 1.807) is 19.2 Å². The fourth-order valence-corrected chi connectivity index (χ4v) is 2.24. The van der Waals surface area contributed by atoms with Crippen LogP contribution < -0.4 is 15.8 Å². The molecule has 0 atom stereocenters. The van der Waals surface area contributed by atoms with Crippen LogP contribution in [0.1, 0.15) is 26.2 Å². The summed E-state index contributed by atoms with van der Waals surface area (Å²) in [6.45, 7) is 3.00. The maximum atomic E-state index is 6.05. The van der Waals surface area contributed by atoms with E-state index >= 15 is 0 Å². The Labute approximate surface area is 142 Å². The van der Waals surface area contributed by atoms with Gasteiger partial charge in [0.2, 0.25) is 0 Å². The van der Waals surface area contributed by atoms with Crippen LogP contribution in [0.2, 0.25) is 5.02 Å². The van der Waals surface area contributed by atoms with Crippen molar-refractivity contribution in [3.8, 4) is 5.75 Å². The zero-order valence-electron chi connectivity index (χ0n) is 11.8. The van der Waals surface area contributed by atoms with Gasteiger partial charge in [-0.2, -0.15) is 0 Å². The fourth-order valence-electron chi connectivity index (χ4n) is 1.98. The lowest BCUT2D eigenvalue weighted by Gasteiger charge is -2.11. The number of methoxy groups -OCH3 is 1. The number of hydrogen-bond acceptors (Lipinski definition) is 2. The lowest BCUT2D eigenvalue weighted by Crippen LogP contribution is -2.24. The Morgan fingerprint density at radius 3 is 2.70 bits per heavy atom. The van der Waals surface area contributed by atoms with Crippen LogP contribution in [0.5, 0.6) is 5.75 Å². The van der Waals surface area contributed by atoms with Crippen LogP contribution in [-0.2, 0) is 0 Å². The van der Waals surface area contributed by atoms with Crippen LogP contribution in [0.3, 0.4) is 0 Å². The summed E-state index contributed by atoms with van der Waals surface area (Å²) in [6.07, 6.45) is 3.68. The highest BCUT2D eigenvalue weighted by molar-refractivity contribution is 14.0. The first-order valence-electron chi connectivity index (χ1n) is 6.49. The lowest BCUT2D eigenvalue weighted by atomic mass is 10.1. The number of guanidine groups is 1. The summed E-state index contributed by atoms with van der Waals surface area (Å²) < 4.78 is 5.10. The third kappa shape index (κ3) is 4.41. The summed E-state index contributed by atoms with van der Waals surface area (Å²) in [4.78, 5) is 4.41. The molecule has 6 heteroatoms. The Morgan fingerprint density at radius 2 is 2.20 bits per heavy atom. The van der Waals surface area contributed by atoms with Crippen LogP contribution in [0.15, 0.2) is 23.2 Å². The van der Waals surface area contributed by atoms with E-state index in [9.17, 15) is 0 Å². The van der Waals surface area contributed by atoms with Crippen molar-refractivity contribution in [2.75, 3.05) is 19.0 Å². The Balaban J connectivity index is 0.00000200. The molecule has 0 amide bonds. The molecule has 1 aliphatic carbocycles. The Hall–Kier alpha value is -0.690. The molecule has 20 heavy (non-hydrogen) atoms. The summed E-state index contributed by atoms with van der Waals surface area (Å²) in [5.41, 5.74) is 7.10. The van der Waals surface area contributed by atoms with Crippen LogP contribution >= 0.6 is 35.6 Å². The molecule has 1 aliphatic rings. The van der Waals surface area contributed by atoms with Crippen LogP contribution in [0.4, 0.5) is 5.69 Å². The summed E-state index contributed by atoms with van der Waals surface area (Å²) in [5.74, 6) is 1.08. The smallest absolute Gasteiger partial charge is 0.193 e. The van der Waals surface area contributed by atoms with Crippen LogP contribution in [0.25, 0.3) is 0 Å². The number of halogens is 2. The van der Waals surface area contributed by atoms with Crippen molar-refractivity contribution in [3.63, 3.8) is 0 Å². The first-order chi connectivity index (χ1) is 9.08. The number of anilines is 1. The maximum absolute atomic E-state index is 6.05. The summed E-state index contributed by atoms with van der Waals surface area (Å²) >= 11 is 6.05. The molecule has 0 unspecified atom stereocenters. The molecule has 0 heterocycles. The standard InChI is InChI=1S/C14H20ClN3O.HI/c1-3-14(6-7-14)9-17-13(16)18-10-4-5-12(19-2)11(15)8-10;/h4-5,8H,3,6-7,9H2,1-2H3,(H3,16,17,18);1H. The minimum absolute atomic E-state index is 0. The van der Waals surface area contributed by atoms with E-state index in [4.69, 9.17) is 22.1 Å². The van der Waals surface area contributed by atoms with Gasteiger partial charge in [0.05, 0.1) is 12.1 Å². The van der Waals surface area contributed by atoms with Crippen molar-refractivity contribution in [1.82, 2.24) is 0 Å². The normalized spacial score (nSPS) is 16.2. The average molecular weight is 410 g/mol. The SMILES string of the molecule is CCC1(CN=C(N)Nc2ccc(OC)c(Cl)c2)CC1.I. The molecule has 112 valence electrons. The zero-order valence-corrected chi connectivity index (χ0v) is 14.9. The van der Waals surface area contributed by atoms with Gasteiger partial charge < -0.3 is 15.8 Å². The van der Waals surface area contributed by atoms with E-state index in [0.717, 1.165) is 18.7 Å². The van der Waals surface area contributed by atoms with Gasteiger partial charge in [0, 0.05) is 12.2 Å². The quantitative estimate of drug-likeness (QED) is 0.441. The molecular formula is C14H21ClIN3O. The van der Waals surface area contributed by atoms with E-state index in [0.29, 0.717) is 22.1 Å². The van der Waals surface area contributed by atoms with Gasteiger partial charge in [-0.3, -0.25) is 4.99 Å². The van der Waals surface area contributed by atoms with E-state index < -0.39 is 0 Å². The molecule has 4 nitrogen and oxygen atoms in total. The zero-order chi connectivity index (χ0) is 13.9. The molecule has 0 aromatic heterocycles. The molecule has 1 aromatic rings. The number of nitrogens with two attached hydrogens (primary N) is 1. The highest BCUT2D eigenvalue weighted by Crippen LogP contribution is 2.48. The van der Waals surface area contributed by atoms with Crippen molar-refractivity contribution < 1.29 is 4.74 Å². The summed E-state index contributed by atoms with van der Waals surface area (Å²) in [5, 5.41) is 3.59. The van der Waals surface area contributed by atoms with Gasteiger partial charge in [0.25, 0.3) is 0 Å². The molecule has 0 radical (unpaired) electrons. The van der Waals surface area contributed by atoms with Crippen molar-refractivity contribution in [2.45, 2.75) is 26.2 Å². The minimum atomic E-state index is 0. The number of aliphatic imine (C=N–C) groups is 1. The first kappa shape index (κ1) is 17.4. The predicted molar refractivity (Wildman–Crippen MR) is 95.5 cm³/mol. The molecule has 2 rings (SSSR count). The van der Waals surface area contributed by atoms with Crippen molar-refractivity contribution in [1.29, 1.82) is 0 Å². The van der Waals surface area contributed by atoms with Crippen LogP contribution in [-0.4, -0.2) is 19.6 Å². The van der Waals surface area contributed by atoms with Crippen molar-refractivity contribution in [3.05, 3.63) is 23.2 Å². The van der Waals surface area contributed by atoms with E-state index in [-0.39, 0.29) is 24.0 Å². The van der Waals surface area contributed by atoms with Gasteiger partial charge in [0.15, 0.2) is 5.96 Å². The first-order valence-corrected chi connectivity index (χ1v) is 6.87. The Kier molecular flexibility index (Phi) is 6.39. The van der Waals surface area contributed by atoms with Crippen molar-refractivity contribution in [2.24, 2.45) is 16.1 Å². The van der Waals surface area contributed by atoms with E-state index in [1.807, 2.05) is 6.07 Å². The van der Waals surface area contributed by atoms with Gasteiger partial charge in [-0.25, -0.2) is 0 Å². The second kappa shape index (κ2) is 7.36. The number of hydrogen-bond donors (Lipinski definition) is 2. The molecule has 1 aromatic carbocycles. The third-order valence-electron chi connectivity index (χ3n) is 3.72. The fraction of sp³-hybridized carbons (Fsp3) is 0.500. The number of nitrogens with one attached hydrogen (secondary N) is 1. The van der Waals surface area contributed by atoms with E-state index in [2.05, 4.69) is 17.2 Å². The lowest BCUT2D eigenvalue weighted by molar-refractivity contribution is 0.415. The topological polar surface area (TPSA) is 59.6 Å². The monoisotopic (exact) mass is 409 g/mol. The van der Waals surface area contributed by atoms with Gasteiger partial charge in [-0.1, -0.05) is 18.5 Å². The average Bonchev–Trinajstić information content (AvgIpc) is 3.17. The van der Waals surface area contributed by atoms with Gasteiger partial charge in [-0.05, 0) is 42.9 Å². The highest BCUT2D eigenvalue weighted by Gasteiger charge is 2.40. The Bertz CT molecular complexity index is 489. The largest absolute Gasteiger partial charge is 0.495 e. The molecular weight excluding hydrogens is 389 g/mol. The number of rotatable bonds is 5. The molecule has 0 bridgehead atoms. The van der Waals surface area contributed by atoms with Gasteiger partial charge >= 0.3 is 0 Å². The second-order valence-electron chi connectivity index (χ2n) is 5.03. The molecule has 0 spiro atoms. The Morgan fingerprint density at radius 1 is 1.50 bits per heavy atom. The molecule has 0 aliphatic heterocycles. The maximum Gasteiger partial charge on any atom is 0.193 e. The van der Waals surface area contributed by atoms with Gasteiger partial charge in [0.1, 0.15) is 5.75 Å². The second-order valence-corrected chi connectivity index (χ2v) is 5.44. The van der Waals surface area contributed by atoms with Crippen LogP contribution in [0, 0.1) is 5.41 Å². The van der Waals surface area contributed by atoms with E-state index in [1.165, 1.54) is 12.8 Å². The number of benzene rings is 1. The number of nitrogens with zero attached hydrogens (tertiary/aromatic N) is 1. The van der Waals surface area contributed by atoms with Gasteiger partial charge in [-0.15, -0.1) is 24.0 Å². The number of ether oxygens (including phenoxy) is 1. The predicted octanol–water partition coefficient (Wildman–Crippen LogP) is 3.88. The summed E-state index contributed by atoms with van der Waals surface area (Å²) in [7, 11) is 1.59. The highest BCUT2D eigenvalue weighted by atomic mass is 127. The molecule has 1 fully saturated rings. The third-order valence-corrected chi connectivity index (χ3v) is 4.01. The van der Waals surface area contributed by atoms with Crippen molar-refractivity contribution >= 4 is 47.2 Å². The molecule has 1 saturated carbocycles. The molecule has 0 saturated heterocycles. The minimum Gasteiger partial charge on any atom is -0.495 e.